The Labute approximate surface area is 69.2 Å². The molecular weight excluding hydrogens is 136 g/mol. The molecule has 0 amide bonds. The van der Waals surface area contributed by atoms with Gasteiger partial charge in [-0.05, 0) is 26.8 Å². The third-order valence-electron chi connectivity index (χ3n) is 3.17. The van der Waals surface area contributed by atoms with Crippen molar-refractivity contribution in [2.75, 3.05) is 13.1 Å². The molecule has 0 aliphatic carbocycles. The lowest BCUT2D eigenvalue weighted by Crippen LogP contribution is -2.52. The molecule has 0 radical (unpaired) electrons. The van der Waals surface area contributed by atoms with E-state index < -0.39 is 0 Å². The highest BCUT2D eigenvalue weighted by molar-refractivity contribution is 5.02. The van der Waals surface area contributed by atoms with Crippen molar-refractivity contribution in [1.82, 2.24) is 9.80 Å². The fraction of sp³-hybridized carbons (Fsp3) is 1.00. The summed E-state index contributed by atoms with van der Waals surface area (Å²) < 4.78 is 0. The van der Waals surface area contributed by atoms with Crippen LogP contribution in [-0.2, 0) is 0 Å². The Balaban J connectivity index is 2.00. The summed E-state index contributed by atoms with van der Waals surface area (Å²) in [5.74, 6) is 0. The summed E-state index contributed by atoms with van der Waals surface area (Å²) in [5.41, 5.74) is 0. The van der Waals surface area contributed by atoms with Gasteiger partial charge >= 0.3 is 0 Å². The van der Waals surface area contributed by atoms with E-state index in [0.29, 0.717) is 0 Å². The summed E-state index contributed by atoms with van der Waals surface area (Å²) >= 11 is 0. The highest BCUT2D eigenvalue weighted by Gasteiger charge is 2.49. The Morgan fingerprint density at radius 2 is 2.18 bits per heavy atom. The van der Waals surface area contributed by atoms with Crippen LogP contribution in [0.5, 0.6) is 0 Å². The first-order chi connectivity index (χ1) is 5.24. The Bertz CT molecular complexity index is 156. The molecule has 3 rings (SSSR count). The number of hydrogen-bond acceptors (Lipinski definition) is 2. The lowest BCUT2D eigenvalue weighted by Gasteiger charge is -2.41. The van der Waals surface area contributed by atoms with E-state index in [1.165, 1.54) is 19.5 Å². The molecule has 0 aromatic rings. The van der Waals surface area contributed by atoms with Crippen LogP contribution in [0.3, 0.4) is 0 Å². The van der Waals surface area contributed by atoms with Gasteiger partial charge in [0.1, 0.15) is 0 Å². The highest BCUT2D eigenvalue weighted by atomic mass is 15.5. The molecule has 0 saturated carbocycles. The van der Waals surface area contributed by atoms with Gasteiger partial charge in [0.2, 0.25) is 0 Å². The van der Waals surface area contributed by atoms with Gasteiger partial charge in [-0.1, -0.05) is 6.92 Å². The van der Waals surface area contributed by atoms with Crippen LogP contribution in [0.15, 0.2) is 0 Å². The summed E-state index contributed by atoms with van der Waals surface area (Å²) in [7, 11) is 0. The normalized spacial score (nSPS) is 38.2. The predicted octanol–water partition coefficient (Wildman–Crippen LogP) is 1.13. The second kappa shape index (κ2) is 2.46. The SMILES string of the molecule is CCN1C2CC1N(C(C)C)C2. The van der Waals surface area contributed by atoms with E-state index in [0.717, 1.165) is 18.2 Å². The van der Waals surface area contributed by atoms with Crippen LogP contribution in [-0.4, -0.2) is 41.1 Å². The third kappa shape index (κ3) is 0.926. The second-order valence-electron chi connectivity index (χ2n) is 3.99. The number of rotatable bonds is 2. The van der Waals surface area contributed by atoms with Crippen LogP contribution >= 0.6 is 0 Å². The van der Waals surface area contributed by atoms with Crippen molar-refractivity contribution in [3.63, 3.8) is 0 Å². The van der Waals surface area contributed by atoms with Crippen molar-refractivity contribution in [2.45, 2.75) is 45.4 Å². The first-order valence-corrected chi connectivity index (χ1v) is 4.75. The average Bonchev–Trinajstić information content (AvgIpc) is 2.41. The summed E-state index contributed by atoms with van der Waals surface area (Å²) in [5, 5.41) is 0. The van der Waals surface area contributed by atoms with Crippen molar-refractivity contribution < 1.29 is 0 Å². The van der Waals surface area contributed by atoms with Crippen LogP contribution in [0, 0.1) is 0 Å². The maximum absolute atomic E-state index is 2.62. The monoisotopic (exact) mass is 154 g/mol. The first-order valence-electron chi connectivity index (χ1n) is 4.75. The Morgan fingerprint density at radius 3 is 2.55 bits per heavy atom. The Kier molecular flexibility index (Phi) is 1.69. The quantitative estimate of drug-likeness (QED) is 0.588. The molecule has 0 spiro atoms. The zero-order chi connectivity index (χ0) is 8.01. The first kappa shape index (κ1) is 7.56. The van der Waals surface area contributed by atoms with E-state index in [1.54, 1.807) is 0 Å². The molecule has 11 heavy (non-hydrogen) atoms. The lowest BCUT2D eigenvalue weighted by molar-refractivity contribution is 0.0257. The largest absolute Gasteiger partial charge is 0.284 e. The third-order valence-corrected chi connectivity index (χ3v) is 3.17. The molecule has 2 atom stereocenters. The molecule has 3 fully saturated rings. The molecule has 64 valence electrons. The molecule has 0 aromatic carbocycles. The van der Waals surface area contributed by atoms with E-state index in [2.05, 4.69) is 30.6 Å². The van der Waals surface area contributed by atoms with E-state index in [-0.39, 0.29) is 0 Å². The van der Waals surface area contributed by atoms with Crippen LogP contribution in [0.1, 0.15) is 27.2 Å². The lowest BCUT2D eigenvalue weighted by atomic mass is 10.1. The average molecular weight is 154 g/mol. The molecule has 2 nitrogen and oxygen atoms in total. The van der Waals surface area contributed by atoms with Crippen LogP contribution in [0.25, 0.3) is 0 Å². The van der Waals surface area contributed by atoms with Gasteiger partial charge < -0.3 is 0 Å². The zero-order valence-electron chi connectivity index (χ0n) is 7.75. The van der Waals surface area contributed by atoms with Crippen LogP contribution < -0.4 is 0 Å². The van der Waals surface area contributed by atoms with Gasteiger partial charge in [-0.25, -0.2) is 0 Å². The molecular formula is C9H18N2. The molecule has 2 bridgehead atoms. The Morgan fingerprint density at radius 1 is 1.45 bits per heavy atom. The summed E-state index contributed by atoms with van der Waals surface area (Å²) in [4.78, 5) is 5.23. The van der Waals surface area contributed by atoms with E-state index in [1.807, 2.05) is 0 Å². The summed E-state index contributed by atoms with van der Waals surface area (Å²) in [6, 6.07) is 1.63. The maximum Gasteiger partial charge on any atom is 0.0643 e. The Hall–Kier alpha value is -0.0800. The molecule has 2 heteroatoms. The number of likely N-dealkylation sites (N-methyl/N-ethyl adjacent to an activating group) is 1. The molecule has 3 saturated heterocycles. The van der Waals surface area contributed by atoms with Crippen molar-refractivity contribution >= 4 is 0 Å². The van der Waals surface area contributed by atoms with E-state index >= 15 is 0 Å². The van der Waals surface area contributed by atoms with Gasteiger partial charge in [-0.2, -0.15) is 0 Å². The van der Waals surface area contributed by atoms with Gasteiger partial charge in [0, 0.05) is 18.6 Å². The minimum absolute atomic E-state index is 0.738. The maximum atomic E-state index is 2.62. The number of nitrogens with zero attached hydrogens (tertiary/aromatic N) is 2. The highest BCUT2D eigenvalue weighted by Crippen LogP contribution is 2.37. The van der Waals surface area contributed by atoms with Gasteiger partial charge in [0.15, 0.2) is 0 Å². The van der Waals surface area contributed by atoms with Gasteiger partial charge in [0.25, 0.3) is 0 Å². The molecule has 3 heterocycles. The van der Waals surface area contributed by atoms with Crippen LogP contribution in [0.4, 0.5) is 0 Å². The minimum atomic E-state index is 0.738. The molecule has 0 N–H and O–H groups in total. The molecule has 3 aliphatic rings. The molecule has 3 aliphatic heterocycles. The number of fused-ring (bicyclic) bond motifs is 1. The predicted molar refractivity (Wildman–Crippen MR) is 46.4 cm³/mol. The van der Waals surface area contributed by atoms with E-state index in [4.69, 9.17) is 0 Å². The standard InChI is InChI=1S/C9H18N2/c1-4-10-8-5-9(10)11(6-8)7(2)3/h7-9H,4-6H2,1-3H3. The smallest absolute Gasteiger partial charge is 0.0643 e. The molecule has 2 unspecified atom stereocenters. The second-order valence-corrected chi connectivity index (χ2v) is 3.99. The topological polar surface area (TPSA) is 6.48 Å². The summed E-state index contributed by atoms with van der Waals surface area (Å²) in [6.45, 7) is 9.42. The fourth-order valence-electron chi connectivity index (χ4n) is 2.51. The number of hydrogen-bond donors (Lipinski definition) is 0. The van der Waals surface area contributed by atoms with Gasteiger partial charge in [-0.3, -0.25) is 9.80 Å². The van der Waals surface area contributed by atoms with Crippen molar-refractivity contribution in [1.29, 1.82) is 0 Å². The fourth-order valence-corrected chi connectivity index (χ4v) is 2.51. The van der Waals surface area contributed by atoms with E-state index in [9.17, 15) is 0 Å². The zero-order valence-corrected chi connectivity index (χ0v) is 7.75. The minimum Gasteiger partial charge on any atom is -0.284 e. The van der Waals surface area contributed by atoms with Crippen LogP contribution in [0.2, 0.25) is 0 Å². The van der Waals surface area contributed by atoms with Crippen molar-refractivity contribution in [2.24, 2.45) is 0 Å². The molecule has 0 aromatic heterocycles. The van der Waals surface area contributed by atoms with Gasteiger partial charge in [-0.15, -0.1) is 0 Å². The summed E-state index contributed by atoms with van der Waals surface area (Å²) in [6.07, 6.45) is 2.22. The van der Waals surface area contributed by atoms with Crippen molar-refractivity contribution in [3.8, 4) is 0 Å². The van der Waals surface area contributed by atoms with Gasteiger partial charge in [0.05, 0.1) is 6.17 Å². The van der Waals surface area contributed by atoms with Crippen molar-refractivity contribution in [3.05, 3.63) is 0 Å².